The molecule has 0 aliphatic heterocycles. The Hall–Kier alpha value is -1.79. The molecule has 0 aliphatic rings. The van der Waals surface area contributed by atoms with Gasteiger partial charge in [0.15, 0.2) is 5.16 Å². The van der Waals surface area contributed by atoms with E-state index in [0.717, 1.165) is 23.2 Å². The fraction of sp³-hybridized carbons (Fsp3) is 0.389. The van der Waals surface area contributed by atoms with E-state index in [1.807, 2.05) is 45.0 Å². The summed E-state index contributed by atoms with van der Waals surface area (Å²) >= 11 is 7.27. The van der Waals surface area contributed by atoms with Crippen LogP contribution >= 0.6 is 23.4 Å². The van der Waals surface area contributed by atoms with Crippen LogP contribution in [0.4, 0.5) is 5.82 Å². The van der Waals surface area contributed by atoms with Crippen LogP contribution in [0.5, 0.6) is 0 Å². The molecule has 0 saturated heterocycles. The zero-order valence-corrected chi connectivity index (χ0v) is 16.2. The van der Waals surface area contributed by atoms with Gasteiger partial charge in [-0.3, -0.25) is 4.79 Å². The topological polar surface area (TPSA) is 80.9 Å². The first-order valence-electron chi connectivity index (χ1n) is 8.32. The molecule has 2 rings (SSSR count). The van der Waals surface area contributed by atoms with Crippen molar-refractivity contribution in [3.8, 4) is 11.1 Å². The SMILES string of the molecule is CCCNC(=O)C(C)Sc1nc(N)c(-c2ccc(Cl)cc2)c(CC)n1. The minimum atomic E-state index is -0.281. The standard InChI is InChI=1S/C18H23ClN4OS/c1-4-10-21-17(24)11(3)25-18-22-14(5-2)15(16(20)23-18)12-6-8-13(19)9-7-12/h6-9,11H,4-5,10H2,1-3H3,(H,21,24)(H2,20,22,23). The molecule has 1 amide bonds. The molecule has 1 unspecified atom stereocenters. The lowest BCUT2D eigenvalue weighted by Gasteiger charge is -2.14. The number of benzene rings is 1. The van der Waals surface area contributed by atoms with E-state index in [-0.39, 0.29) is 11.2 Å². The van der Waals surface area contributed by atoms with Gasteiger partial charge >= 0.3 is 0 Å². The van der Waals surface area contributed by atoms with Gasteiger partial charge in [-0.15, -0.1) is 0 Å². The summed E-state index contributed by atoms with van der Waals surface area (Å²) in [5.41, 5.74) is 8.82. The van der Waals surface area contributed by atoms with E-state index in [1.165, 1.54) is 11.8 Å². The van der Waals surface area contributed by atoms with Gasteiger partial charge in [-0.1, -0.05) is 49.3 Å². The number of aryl methyl sites for hydroxylation is 1. The van der Waals surface area contributed by atoms with Crippen molar-refractivity contribution >= 4 is 35.1 Å². The molecule has 25 heavy (non-hydrogen) atoms. The molecule has 3 N–H and O–H groups in total. The number of anilines is 1. The lowest BCUT2D eigenvalue weighted by atomic mass is 10.0. The number of carbonyl (C=O) groups excluding carboxylic acids is 1. The van der Waals surface area contributed by atoms with E-state index in [2.05, 4.69) is 15.3 Å². The number of nitrogens with one attached hydrogen (secondary N) is 1. The van der Waals surface area contributed by atoms with Crippen LogP contribution in [0.1, 0.15) is 32.9 Å². The highest BCUT2D eigenvalue weighted by Gasteiger charge is 2.19. The summed E-state index contributed by atoms with van der Waals surface area (Å²) in [5, 5.41) is 3.79. The molecule has 1 aromatic carbocycles. The van der Waals surface area contributed by atoms with Crippen LogP contribution in [0.15, 0.2) is 29.4 Å². The third kappa shape index (κ3) is 5.09. The summed E-state index contributed by atoms with van der Waals surface area (Å²) in [6, 6.07) is 7.45. The quantitative estimate of drug-likeness (QED) is 0.563. The van der Waals surface area contributed by atoms with Crippen molar-refractivity contribution in [1.29, 1.82) is 0 Å². The number of halogens is 1. The van der Waals surface area contributed by atoms with Crippen molar-refractivity contribution < 1.29 is 4.79 Å². The molecular formula is C18H23ClN4OS. The molecule has 5 nitrogen and oxygen atoms in total. The van der Waals surface area contributed by atoms with Gasteiger partial charge in [-0.2, -0.15) is 0 Å². The number of hydrogen-bond acceptors (Lipinski definition) is 5. The normalized spacial score (nSPS) is 12.0. The molecule has 0 saturated carbocycles. The third-order valence-corrected chi connectivity index (χ3v) is 4.87. The first-order chi connectivity index (χ1) is 12.0. The Morgan fingerprint density at radius 1 is 1.28 bits per heavy atom. The maximum atomic E-state index is 12.0. The molecule has 0 fully saturated rings. The summed E-state index contributed by atoms with van der Waals surface area (Å²) < 4.78 is 0. The Balaban J connectivity index is 2.27. The van der Waals surface area contributed by atoms with Crippen LogP contribution < -0.4 is 11.1 Å². The number of rotatable bonds is 7. The summed E-state index contributed by atoms with van der Waals surface area (Å²) in [6.07, 6.45) is 1.62. The summed E-state index contributed by atoms with van der Waals surface area (Å²) in [5.74, 6) is 0.395. The summed E-state index contributed by atoms with van der Waals surface area (Å²) in [6.45, 7) is 6.55. The minimum Gasteiger partial charge on any atom is -0.383 e. The zero-order valence-electron chi connectivity index (χ0n) is 14.7. The smallest absolute Gasteiger partial charge is 0.233 e. The third-order valence-electron chi connectivity index (χ3n) is 3.66. The summed E-state index contributed by atoms with van der Waals surface area (Å²) in [4.78, 5) is 21.0. The summed E-state index contributed by atoms with van der Waals surface area (Å²) in [7, 11) is 0. The van der Waals surface area contributed by atoms with E-state index in [0.29, 0.717) is 29.0 Å². The average molecular weight is 379 g/mol. The molecule has 134 valence electrons. The maximum absolute atomic E-state index is 12.0. The molecule has 7 heteroatoms. The maximum Gasteiger partial charge on any atom is 0.233 e. The van der Waals surface area contributed by atoms with E-state index in [9.17, 15) is 4.79 Å². The van der Waals surface area contributed by atoms with Crippen molar-refractivity contribution in [2.24, 2.45) is 0 Å². The van der Waals surface area contributed by atoms with Crippen molar-refractivity contribution in [1.82, 2.24) is 15.3 Å². The highest BCUT2D eigenvalue weighted by Crippen LogP contribution is 2.31. The van der Waals surface area contributed by atoms with Gasteiger partial charge in [0.25, 0.3) is 0 Å². The Labute approximate surface area is 157 Å². The fourth-order valence-electron chi connectivity index (χ4n) is 2.35. The number of nitrogens with two attached hydrogens (primary N) is 1. The van der Waals surface area contributed by atoms with Gasteiger partial charge in [-0.05, 0) is 37.5 Å². The van der Waals surface area contributed by atoms with Crippen molar-refractivity contribution in [3.05, 3.63) is 35.0 Å². The average Bonchev–Trinajstić information content (AvgIpc) is 2.60. The monoisotopic (exact) mass is 378 g/mol. The number of aromatic nitrogens is 2. The van der Waals surface area contributed by atoms with Gasteiger partial charge in [-0.25, -0.2) is 9.97 Å². The molecule has 0 bridgehead atoms. The van der Waals surface area contributed by atoms with Crippen molar-refractivity contribution in [3.63, 3.8) is 0 Å². The van der Waals surface area contributed by atoms with E-state index >= 15 is 0 Å². The van der Waals surface area contributed by atoms with Gasteiger partial charge in [0.2, 0.25) is 5.91 Å². The lowest BCUT2D eigenvalue weighted by Crippen LogP contribution is -2.31. The van der Waals surface area contributed by atoms with E-state index in [1.54, 1.807) is 0 Å². The second kappa shape index (κ2) is 9.06. The molecule has 1 aromatic heterocycles. The molecule has 0 aliphatic carbocycles. The van der Waals surface area contributed by atoms with Crippen LogP contribution in [-0.4, -0.2) is 27.7 Å². The first-order valence-corrected chi connectivity index (χ1v) is 9.58. The van der Waals surface area contributed by atoms with E-state index < -0.39 is 0 Å². The first kappa shape index (κ1) is 19.5. The van der Waals surface area contributed by atoms with E-state index in [4.69, 9.17) is 17.3 Å². The molecule has 0 radical (unpaired) electrons. The highest BCUT2D eigenvalue weighted by molar-refractivity contribution is 8.00. The highest BCUT2D eigenvalue weighted by atomic mass is 35.5. The molecule has 0 spiro atoms. The number of nitrogen functional groups attached to an aromatic ring is 1. The van der Waals surface area contributed by atoms with Crippen LogP contribution in [0.2, 0.25) is 5.02 Å². The lowest BCUT2D eigenvalue weighted by molar-refractivity contribution is -0.120. The number of nitrogens with zero attached hydrogens (tertiary/aromatic N) is 2. The van der Waals surface area contributed by atoms with Gasteiger partial charge in [0.05, 0.1) is 10.9 Å². The molecule has 1 heterocycles. The second-order valence-electron chi connectivity index (χ2n) is 5.62. The molecule has 1 atom stereocenters. The predicted octanol–water partition coefficient (Wildman–Crippen LogP) is 3.95. The minimum absolute atomic E-state index is 0.0196. The Kier molecular flexibility index (Phi) is 7.08. The number of amides is 1. The fourth-order valence-corrected chi connectivity index (χ4v) is 3.29. The van der Waals surface area contributed by atoms with Crippen LogP contribution in [0.25, 0.3) is 11.1 Å². The van der Waals surface area contributed by atoms with Crippen LogP contribution in [0.3, 0.4) is 0 Å². The van der Waals surface area contributed by atoms with Gasteiger partial charge < -0.3 is 11.1 Å². The Morgan fingerprint density at radius 3 is 2.56 bits per heavy atom. The van der Waals surface area contributed by atoms with Gasteiger partial charge in [0, 0.05) is 17.1 Å². The van der Waals surface area contributed by atoms with Gasteiger partial charge in [0.1, 0.15) is 5.82 Å². The molecular weight excluding hydrogens is 356 g/mol. The number of hydrogen-bond donors (Lipinski definition) is 2. The second-order valence-corrected chi connectivity index (χ2v) is 7.37. The largest absolute Gasteiger partial charge is 0.383 e. The van der Waals surface area contributed by atoms with Crippen LogP contribution in [0, 0.1) is 0 Å². The Morgan fingerprint density at radius 2 is 1.96 bits per heavy atom. The zero-order chi connectivity index (χ0) is 18.4. The van der Waals surface area contributed by atoms with Crippen LogP contribution in [-0.2, 0) is 11.2 Å². The van der Waals surface area contributed by atoms with Crippen molar-refractivity contribution in [2.75, 3.05) is 12.3 Å². The Bertz CT molecular complexity index is 737. The number of carbonyl (C=O) groups is 1. The number of thioether (sulfide) groups is 1. The predicted molar refractivity (Wildman–Crippen MR) is 105 cm³/mol. The molecule has 2 aromatic rings. The van der Waals surface area contributed by atoms with Crippen molar-refractivity contribution in [2.45, 2.75) is 44.0 Å².